The van der Waals surface area contributed by atoms with Crippen molar-refractivity contribution in [1.29, 1.82) is 5.26 Å². The largest absolute Gasteiger partial charge is 0.319 e. The SMILES string of the molecule is N#Cc1cc(Br)ccc1NC(=O)c1cncc(NN)n1. The summed E-state index contributed by atoms with van der Waals surface area (Å²) in [5, 5.41) is 11.6. The van der Waals surface area contributed by atoms with Crippen molar-refractivity contribution in [1.82, 2.24) is 9.97 Å². The van der Waals surface area contributed by atoms with Crippen LogP contribution in [0.2, 0.25) is 0 Å². The summed E-state index contributed by atoms with van der Waals surface area (Å²) in [6, 6.07) is 6.96. The number of benzene rings is 1. The molecule has 0 aliphatic carbocycles. The normalized spacial score (nSPS) is 9.65. The van der Waals surface area contributed by atoms with Crippen molar-refractivity contribution in [3.05, 3.63) is 46.3 Å². The minimum Gasteiger partial charge on any atom is -0.319 e. The van der Waals surface area contributed by atoms with Crippen molar-refractivity contribution < 1.29 is 4.79 Å². The lowest BCUT2D eigenvalue weighted by atomic mass is 10.2. The van der Waals surface area contributed by atoms with E-state index >= 15 is 0 Å². The van der Waals surface area contributed by atoms with Gasteiger partial charge in [0.25, 0.3) is 5.91 Å². The Labute approximate surface area is 122 Å². The number of nitrogens with two attached hydrogens (primary N) is 1. The van der Waals surface area contributed by atoms with Crippen molar-refractivity contribution in [3.63, 3.8) is 0 Å². The topological polar surface area (TPSA) is 117 Å². The number of anilines is 2. The summed E-state index contributed by atoms with van der Waals surface area (Å²) < 4.78 is 0.751. The number of hydrogen-bond donors (Lipinski definition) is 3. The zero-order valence-corrected chi connectivity index (χ0v) is 11.7. The van der Waals surface area contributed by atoms with Crippen molar-refractivity contribution in [2.45, 2.75) is 0 Å². The van der Waals surface area contributed by atoms with Crippen LogP contribution in [0.1, 0.15) is 16.1 Å². The number of nitrogens with one attached hydrogen (secondary N) is 2. The molecule has 0 unspecified atom stereocenters. The Morgan fingerprint density at radius 1 is 1.40 bits per heavy atom. The molecular formula is C12H9BrN6O. The third kappa shape index (κ3) is 3.09. The Morgan fingerprint density at radius 2 is 2.20 bits per heavy atom. The molecule has 0 aliphatic heterocycles. The van der Waals surface area contributed by atoms with Crippen LogP contribution < -0.4 is 16.6 Å². The highest BCUT2D eigenvalue weighted by Crippen LogP contribution is 2.20. The third-order valence-electron chi connectivity index (χ3n) is 2.37. The first kappa shape index (κ1) is 13.9. The molecule has 0 spiro atoms. The molecule has 0 aliphatic rings. The van der Waals surface area contributed by atoms with Crippen LogP contribution in [-0.2, 0) is 0 Å². The summed E-state index contributed by atoms with van der Waals surface area (Å²) in [6.07, 6.45) is 2.69. The fourth-order valence-electron chi connectivity index (χ4n) is 1.45. The van der Waals surface area contributed by atoms with Gasteiger partial charge in [-0.05, 0) is 18.2 Å². The molecule has 8 heteroatoms. The van der Waals surface area contributed by atoms with Crippen LogP contribution >= 0.6 is 15.9 Å². The molecule has 1 aromatic carbocycles. The number of halogens is 1. The van der Waals surface area contributed by atoms with Gasteiger partial charge >= 0.3 is 0 Å². The molecule has 20 heavy (non-hydrogen) atoms. The van der Waals surface area contributed by atoms with Crippen molar-refractivity contribution in [2.75, 3.05) is 10.7 Å². The maximum absolute atomic E-state index is 12.0. The number of nitriles is 1. The van der Waals surface area contributed by atoms with Gasteiger partial charge in [0.2, 0.25) is 0 Å². The number of aromatic nitrogens is 2. The molecule has 100 valence electrons. The van der Waals surface area contributed by atoms with Gasteiger partial charge in [0.1, 0.15) is 11.8 Å². The highest BCUT2D eigenvalue weighted by Gasteiger charge is 2.11. The van der Waals surface area contributed by atoms with Gasteiger partial charge in [-0.25, -0.2) is 10.8 Å². The summed E-state index contributed by atoms with van der Waals surface area (Å²) in [5.74, 6) is 5.00. The summed E-state index contributed by atoms with van der Waals surface area (Å²) in [6.45, 7) is 0. The molecule has 1 amide bonds. The van der Waals surface area contributed by atoms with E-state index in [9.17, 15) is 4.79 Å². The molecule has 0 atom stereocenters. The summed E-state index contributed by atoms with van der Waals surface area (Å²) >= 11 is 3.26. The maximum atomic E-state index is 12.0. The summed E-state index contributed by atoms with van der Waals surface area (Å²) in [5.41, 5.74) is 3.13. The second-order valence-electron chi connectivity index (χ2n) is 3.69. The first-order valence-corrected chi connectivity index (χ1v) is 6.23. The van der Waals surface area contributed by atoms with Crippen LogP contribution in [-0.4, -0.2) is 15.9 Å². The second-order valence-corrected chi connectivity index (χ2v) is 4.61. The minimum absolute atomic E-state index is 0.0901. The highest BCUT2D eigenvalue weighted by atomic mass is 79.9. The molecule has 0 radical (unpaired) electrons. The Morgan fingerprint density at radius 3 is 2.90 bits per heavy atom. The standard InChI is InChI=1S/C12H9BrN6O/c13-8-1-2-9(7(3-8)4-14)18-12(20)10-5-16-6-11(17-10)19-15/h1-3,5-6H,15H2,(H,17,19)(H,18,20). The van der Waals surface area contributed by atoms with Gasteiger partial charge in [0, 0.05) is 4.47 Å². The first-order chi connectivity index (χ1) is 9.63. The quantitative estimate of drug-likeness (QED) is 0.581. The Balaban J connectivity index is 2.26. The Bertz CT molecular complexity index is 697. The number of nitrogen functional groups attached to an aromatic ring is 1. The fraction of sp³-hybridized carbons (Fsp3) is 0. The predicted octanol–water partition coefficient (Wildman–Crippen LogP) is 1.65. The third-order valence-corrected chi connectivity index (χ3v) is 2.86. The van der Waals surface area contributed by atoms with Crippen molar-refractivity contribution in [2.24, 2.45) is 5.84 Å². The van der Waals surface area contributed by atoms with E-state index in [1.165, 1.54) is 12.4 Å². The molecule has 2 rings (SSSR count). The zero-order valence-electron chi connectivity index (χ0n) is 10.1. The van der Waals surface area contributed by atoms with E-state index in [2.05, 4.69) is 36.6 Å². The number of nitrogens with zero attached hydrogens (tertiary/aromatic N) is 3. The van der Waals surface area contributed by atoms with Gasteiger partial charge in [-0.3, -0.25) is 9.78 Å². The number of carbonyl (C=O) groups excluding carboxylic acids is 1. The molecule has 1 aromatic heterocycles. The molecule has 0 saturated carbocycles. The summed E-state index contributed by atoms with van der Waals surface area (Å²) in [4.78, 5) is 19.8. The Hall–Kier alpha value is -2.50. The number of amides is 1. The zero-order chi connectivity index (χ0) is 14.5. The predicted molar refractivity (Wildman–Crippen MR) is 76.7 cm³/mol. The number of hydrogen-bond acceptors (Lipinski definition) is 6. The van der Waals surface area contributed by atoms with Crippen LogP contribution in [0, 0.1) is 11.3 Å². The lowest BCUT2D eigenvalue weighted by Crippen LogP contribution is -2.17. The monoisotopic (exact) mass is 332 g/mol. The minimum atomic E-state index is -0.478. The second kappa shape index (κ2) is 6.10. The van der Waals surface area contributed by atoms with Gasteiger partial charge in [0.05, 0.1) is 23.6 Å². The summed E-state index contributed by atoms with van der Waals surface area (Å²) in [7, 11) is 0. The number of rotatable bonds is 3. The van der Waals surface area contributed by atoms with Gasteiger partial charge in [-0.15, -0.1) is 0 Å². The van der Waals surface area contributed by atoms with Gasteiger partial charge in [0.15, 0.2) is 5.82 Å². The van der Waals surface area contributed by atoms with Crippen LogP contribution in [0.5, 0.6) is 0 Å². The molecule has 4 N–H and O–H groups in total. The van der Waals surface area contributed by atoms with E-state index in [4.69, 9.17) is 11.1 Å². The van der Waals surface area contributed by atoms with Crippen LogP contribution in [0.15, 0.2) is 35.1 Å². The fourth-order valence-corrected chi connectivity index (χ4v) is 1.81. The van der Waals surface area contributed by atoms with Crippen LogP contribution in [0.4, 0.5) is 11.5 Å². The highest BCUT2D eigenvalue weighted by molar-refractivity contribution is 9.10. The van der Waals surface area contributed by atoms with Gasteiger partial charge in [-0.1, -0.05) is 15.9 Å². The lowest BCUT2D eigenvalue weighted by Gasteiger charge is -2.07. The molecule has 2 aromatic rings. The van der Waals surface area contributed by atoms with E-state index in [1.807, 2.05) is 6.07 Å². The number of hydrazine groups is 1. The van der Waals surface area contributed by atoms with Gasteiger partial charge in [-0.2, -0.15) is 5.26 Å². The van der Waals surface area contributed by atoms with E-state index in [0.717, 1.165) is 4.47 Å². The molecule has 0 bridgehead atoms. The van der Waals surface area contributed by atoms with E-state index in [0.29, 0.717) is 11.3 Å². The first-order valence-electron chi connectivity index (χ1n) is 5.43. The van der Waals surface area contributed by atoms with Crippen molar-refractivity contribution in [3.8, 4) is 6.07 Å². The maximum Gasteiger partial charge on any atom is 0.275 e. The van der Waals surface area contributed by atoms with Crippen molar-refractivity contribution >= 4 is 33.3 Å². The molecule has 7 nitrogen and oxygen atoms in total. The van der Waals surface area contributed by atoms with Gasteiger partial charge < -0.3 is 10.7 Å². The average molecular weight is 333 g/mol. The smallest absolute Gasteiger partial charge is 0.275 e. The molecule has 0 saturated heterocycles. The van der Waals surface area contributed by atoms with E-state index < -0.39 is 5.91 Å². The molecule has 0 fully saturated rings. The van der Waals surface area contributed by atoms with E-state index in [1.54, 1.807) is 18.2 Å². The van der Waals surface area contributed by atoms with Crippen LogP contribution in [0.25, 0.3) is 0 Å². The Kier molecular flexibility index (Phi) is 4.24. The van der Waals surface area contributed by atoms with Crippen LogP contribution in [0.3, 0.4) is 0 Å². The number of carbonyl (C=O) groups is 1. The lowest BCUT2D eigenvalue weighted by molar-refractivity contribution is 0.102. The molecule has 1 heterocycles. The van der Waals surface area contributed by atoms with E-state index in [-0.39, 0.29) is 11.5 Å². The average Bonchev–Trinajstić information content (AvgIpc) is 2.49. The molecular weight excluding hydrogens is 324 g/mol.